The molecular weight excluding hydrogens is 824 g/mol. The van der Waals surface area contributed by atoms with Crippen LogP contribution in [0.1, 0.15) is 93.4 Å². The summed E-state index contributed by atoms with van der Waals surface area (Å²) in [5, 5.41) is 22.4. The van der Waals surface area contributed by atoms with Gasteiger partial charge in [-0.1, -0.05) is 46.9 Å². The van der Waals surface area contributed by atoms with Crippen molar-refractivity contribution >= 4 is 68.6 Å². The summed E-state index contributed by atoms with van der Waals surface area (Å²) in [6.07, 6.45) is 0.260. The van der Waals surface area contributed by atoms with Crippen LogP contribution in [0.3, 0.4) is 0 Å². The lowest BCUT2D eigenvalue weighted by atomic mass is 10.1. The molecule has 0 aliphatic carbocycles. The van der Waals surface area contributed by atoms with E-state index in [1.165, 1.54) is 22.7 Å². The minimum atomic E-state index is -0.626. The summed E-state index contributed by atoms with van der Waals surface area (Å²) in [6.45, 7) is 16.7. The van der Waals surface area contributed by atoms with Crippen LogP contribution < -0.4 is 42.5 Å². The predicted octanol–water partition coefficient (Wildman–Crippen LogP) is 6.54. The number of halogens is 1. The van der Waals surface area contributed by atoms with Crippen molar-refractivity contribution in [1.29, 1.82) is 0 Å². The molecule has 0 atom stereocenters. The van der Waals surface area contributed by atoms with Crippen LogP contribution in [0.2, 0.25) is 0 Å². The number of alkyl halides is 1. The number of urea groups is 2. The molecule has 8 amide bonds. The van der Waals surface area contributed by atoms with Crippen LogP contribution in [0.4, 0.5) is 24.2 Å². The number of benzene rings is 2. The fraction of sp³-hybridized carbons (Fsp3) is 0.429. The lowest BCUT2D eigenvalue weighted by Gasteiger charge is -2.20. The Hall–Kier alpha value is -5.95. The minimum Gasteiger partial charge on any atom is -0.353 e. The van der Waals surface area contributed by atoms with E-state index in [2.05, 4.69) is 52.5 Å². The van der Waals surface area contributed by atoms with E-state index < -0.39 is 18.7 Å². The molecule has 0 fully saturated rings. The number of anilines is 2. The Bertz CT molecular complexity index is 2110. The number of nitrogens with one attached hydrogen (secondary N) is 8. The molecule has 0 aliphatic heterocycles. The number of hydrogen-bond donors (Lipinski definition) is 8. The van der Waals surface area contributed by atoms with Crippen molar-refractivity contribution in [1.82, 2.24) is 41.9 Å². The Morgan fingerprint density at radius 3 is 1.36 bits per heavy atom. The second-order valence-electron chi connectivity index (χ2n) is 15.4. The maximum Gasteiger partial charge on any atom is 0.321 e. The van der Waals surface area contributed by atoms with Crippen molar-refractivity contribution in [2.45, 2.75) is 92.8 Å². The highest BCUT2D eigenvalue weighted by Gasteiger charge is 2.17. The molecule has 8 N–H and O–H groups in total. The summed E-state index contributed by atoms with van der Waals surface area (Å²) in [5.41, 5.74) is 4.21. The number of nitrogens with zero attached hydrogens (tertiary/aromatic N) is 2. The Morgan fingerprint density at radius 2 is 1.00 bits per heavy atom. The number of amides is 8. The van der Waals surface area contributed by atoms with E-state index in [1.807, 2.05) is 86.6 Å². The zero-order valence-corrected chi connectivity index (χ0v) is 37.7. The van der Waals surface area contributed by atoms with E-state index in [4.69, 9.17) is 0 Å². The van der Waals surface area contributed by atoms with Crippen molar-refractivity contribution in [2.24, 2.45) is 0 Å². The Balaban J connectivity index is 0.000000325. The van der Waals surface area contributed by atoms with Gasteiger partial charge in [0, 0.05) is 61.2 Å². The minimum absolute atomic E-state index is 0.0322. The van der Waals surface area contributed by atoms with E-state index in [0.29, 0.717) is 21.4 Å². The zero-order chi connectivity index (χ0) is 45.3. The summed E-state index contributed by atoms with van der Waals surface area (Å²) in [6, 6.07) is 13.7. The number of carbonyl (C=O) groups is 6. The highest BCUT2D eigenvalue weighted by Crippen LogP contribution is 2.34. The third-order valence-corrected chi connectivity index (χ3v) is 10.1. The molecule has 0 aliphatic rings. The van der Waals surface area contributed by atoms with E-state index in [-0.39, 0.29) is 73.7 Å². The van der Waals surface area contributed by atoms with Crippen LogP contribution >= 0.6 is 22.7 Å². The summed E-state index contributed by atoms with van der Waals surface area (Å²) in [7, 11) is 0. The molecule has 19 heteroatoms. The first-order valence-corrected chi connectivity index (χ1v) is 21.4. The first-order valence-electron chi connectivity index (χ1n) is 19.8. The van der Waals surface area contributed by atoms with E-state index in [1.54, 1.807) is 24.3 Å². The smallest absolute Gasteiger partial charge is 0.321 e. The van der Waals surface area contributed by atoms with Crippen molar-refractivity contribution < 1.29 is 33.2 Å². The van der Waals surface area contributed by atoms with Gasteiger partial charge in [-0.3, -0.25) is 29.8 Å². The fourth-order valence-corrected chi connectivity index (χ4v) is 7.22. The summed E-state index contributed by atoms with van der Waals surface area (Å²) in [5.74, 6) is -0.690. The van der Waals surface area contributed by atoms with Crippen LogP contribution in [0.25, 0.3) is 20.9 Å². The van der Waals surface area contributed by atoms with Crippen molar-refractivity contribution in [2.75, 3.05) is 36.9 Å². The second kappa shape index (κ2) is 23.7. The quantitative estimate of drug-likeness (QED) is 0.0616. The summed E-state index contributed by atoms with van der Waals surface area (Å²) >= 11 is 2.66. The van der Waals surface area contributed by atoms with Gasteiger partial charge in [0.1, 0.15) is 6.67 Å². The highest BCUT2D eigenvalue weighted by molar-refractivity contribution is 7.19. The molecule has 2 heterocycles. The van der Waals surface area contributed by atoms with Gasteiger partial charge in [-0.15, -0.1) is 0 Å². The number of aromatic nitrogens is 2. The number of thiazole rings is 2. The SMILES string of the molecule is Cc1nc(NC(=O)NCCC(=O)NC(C)(C)C)sc1-c1ccc(C(=O)NC(C)C)cc1.Cc1nc(NC(=O)NCCC(=O)NCCF)sc1-c1ccc(C(=O)NC(C)C)cc1. The van der Waals surface area contributed by atoms with E-state index in [0.717, 1.165) is 32.3 Å². The topological polar surface area (TPSA) is 224 Å². The highest BCUT2D eigenvalue weighted by atomic mass is 32.1. The molecule has 2 aromatic carbocycles. The predicted molar refractivity (Wildman–Crippen MR) is 240 cm³/mol. The first kappa shape index (κ1) is 49.4. The molecule has 0 saturated heterocycles. The number of rotatable bonds is 16. The van der Waals surface area contributed by atoms with Crippen molar-refractivity contribution in [3.8, 4) is 20.9 Å². The molecular formula is C42H57FN10O6S2. The van der Waals surface area contributed by atoms with Gasteiger partial charge >= 0.3 is 12.1 Å². The molecule has 16 nitrogen and oxygen atoms in total. The monoisotopic (exact) mass is 880 g/mol. The lowest BCUT2D eigenvalue weighted by molar-refractivity contribution is -0.122. The maximum absolute atomic E-state index is 12.1. The Labute approximate surface area is 364 Å². The number of hydrogen-bond acceptors (Lipinski definition) is 10. The second-order valence-corrected chi connectivity index (χ2v) is 17.4. The fourth-order valence-electron chi connectivity index (χ4n) is 5.29. The zero-order valence-electron chi connectivity index (χ0n) is 36.1. The van der Waals surface area contributed by atoms with Gasteiger partial charge in [-0.2, -0.15) is 0 Å². The third-order valence-electron chi connectivity index (χ3n) is 7.90. The first-order chi connectivity index (χ1) is 28.7. The molecule has 0 spiro atoms. The van der Waals surface area contributed by atoms with Gasteiger partial charge in [-0.25, -0.2) is 23.9 Å². The number of carbonyl (C=O) groups excluding carboxylic acids is 6. The van der Waals surface area contributed by atoms with Gasteiger partial charge in [-0.05, 0) is 97.7 Å². The largest absolute Gasteiger partial charge is 0.353 e. The summed E-state index contributed by atoms with van der Waals surface area (Å²) in [4.78, 5) is 82.0. The average Bonchev–Trinajstić information content (AvgIpc) is 3.73. The third kappa shape index (κ3) is 17.7. The Morgan fingerprint density at radius 1 is 0.607 bits per heavy atom. The van der Waals surface area contributed by atoms with Gasteiger partial charge in [0.05, 0.1) is 21.1 Å². The average molecular weight is 881 g/mol. The molecule has 0 bridgehead atoms. The molecule has 4 rings (SSSR count). The molecule has 2 aromatic heterocycles. The van der Waals surface area contributed by atoms with Crippen LogP contribution in [0.5, 0.6) is 0 Å². The molecule has 0 unspecified atom stereocenters. The van der Waals surface area contributed by atoms with E-state index >= 15 is 0 Å². The van der Waals surface area contributed by atoms with Gasteiger partial charge in [0.2, 0.25) is 11.8 Å². The summed E-state index contributed by atoms with van der Waals surface area (Å²) < 4.78 is 12.0. The van der Waals surface area contributed by atoms with Gasteiger partial charge in [0.15, 0.2) is 10.3 Å². The molecule has 4 aromatic rings. The number of aryl methyl sites for hydroxylation is 2. The Kier molecular flexibility index (Phi) is 19.2. The normalized spacial score (nSPS) is 10.9. The van der Waals surface area contributed by atoms with Gasteiger partial charge in [0.25, 0.3) is 11.8 Å². The van der Waals surface area contributed by atoms with Crippen LogP contribution in [0, 0.1) is 13.8 Å². The molecule has 0 saturated carbocycles. The van der Waals surface area contributed by atoms with Crippen LogP contribution in [-0.4, -0.2) is 89.6 Å². The molecule has 61 heavy (non-hydrogen) atoms. The van der Waals surface area contributed by atoms with Crippen LogP contribution in [-0.2, 0) is 9.59 Å². The standard InChI is InChI=1S/C22H31N5O3S.C20H26FN5O3S/c1-13(2)24-19(29)16-9-7-15(8-10-16)18-14(3)25-21(31-18)26-20(30)23-12-11-17(28)27-22(4,5)6;1-12(2)24-18(28)15-6-4-14(5-7-15)17-13(3)25-20(30-17)26-19(29)23-10-8-16(27)22-11-9-21/h7-10,13H,11-12H2,1-6H3,(H,24,29)(H,27,28)(H2,23,25,26,30);4-7,12H,8-11H2,1-3H3,(H,22,27)(H,24,28)(H2,23,25,26,29). The lowest BCUT2D eigenvalue weighted by Crippen LogP contribution is -2.42. The maximum atomic E-state index is 12.1. The molecule has 0 radical (unpaired) electrons. The van der Waals surface area contributed by atoms with E-state index in [9.17, 15) is 33.2 Å². The van der Waals surface area contributed by atoms with Crippen molar-refractivity contribution in [3.63, 3.8) is 0 Å². The van der Waals surface area contributed by atoms with Crippen molar-refractivity contribution in [3.05, 3.63) is 71.0 Å². The van der Waals surface area contributed by atoms with Crippen LogP contribution in [0.15, 0.2) is 48.5 Å². The molecule has 330 valence electrons. The van der Waals surface area contributed by atoms with Gasteiger partial charge < -0.3 is 31.9 Å².